The molecule has 1 saturated carbocycles. The van der Waals surface area contributed by atoms with Crippen LogP contribution in [0.1, 0.15) is 39.3 Å². The number of alkyl halides is 3. The van der Waals surface area contributed by atoms with E-state index >= 15 is 0 Å². The molecule has 0 aliphatic heterocycles. The monoisotopic (exact) mass is 435 g/mol. The van der Waals surface area contributed by atoms with E-state index in [1.165, 1.54) is 17.6 Å². The van der Waals surface area contributed by atoms with E-state index in [1.54, 1.807) is 7.05 Å². The van der Waals surface area contributed by atoms with E-state index in [-0.39, 0.29) is 39.3 Å². The number of carbonyl (C=O) groups excluding carboxylic acids is 2. The van der Waals surface area contributed by atoms with E-state index in [2.05, 4.69) is 20.6 Å². The summed E-state index contributed by atoms with van der Waals surface area (Å²) < 4.78 is 41.2. The molecule has 0 atom stereocenters. The Labute approximate surface area is 172 Å². The van der Waals surface area contributed by atoms with E-state index in [4.69, 9.17) is 5.73 Å². The fraction of sp³-hybridized carbons (Fsp3) is 0.263. The van der Waals surface area contributed by atoms with Gasteiger partial charge in [0.05, 0.1) is 22.3 Å². The van der Waals surface area contributed by atoms with Crippen LogP contribution < -0.4 is 16.4 Å². The number of primary amides is 1. The van der Waals surface area contributed by atoms with Crippen molar-refractivity contribution in [1.29, 1.82) is 0 Å². The Morgan fingerprint density at radius 1 is 1.27 bits per heavy atom. The topological polar surface area (TPSA) is 110 Å². The van der Waals surface area contributed by atoms with Gasteiger partial charge in [-0.3, -0.25) is 14.6 Å². The summed E-state index contributed by atoms with van der Waals surface area (Å²) in [6, 6.07) is 2.32. The summed E-state index contributed by atoms with van der Waals surface area (Å²) in [5.74, 6) is -1.17. The summed E-state index contributed by atoms with van der Waals surface area (Å²) in [6.07, 6.45) is -1.62. The number of nitrogens with zero attached hydrogens (tertiary/aromatic N) is 2. The molecule has 1 aliphatic rings. The van der Waals surface area contributed by atoms with Crippen LogP contribution in [0.2, 0.25) is 0 Å². The third kappa shape index (κ3) is 3.67. The average Bonchev–Trinajstić information content (AvgIpc) is 3.36. The molecule has 0 unspecified atom stereocenters. The van der Waals surface area contributed by atoms with Crippen molar-refractivity contribution in [3.05, 3.63) is 40.5 Å². The first kappa shape index (κ1) is 20.1. The maximum Gasteiger partial charge on any atom is 0.417 e. The van der Waals surface area contributed by atoms with Crippen LogP contribution >= 0.6 is 11.3 Å². The van der Waals surface area contributed by atoms with Crippen molar-refractivity contribution in [2.24, 2.45) is 5.73 Å². The third-order valence-corrected chi connectivity index (χ3v) is 5.58. The zero-order valence-corrected chi connectivity index (χ0v) is 16.4. The Hall–Kier alpha value is -3.21. The van der Waals surface area contributed by atoms with Crippen LogP contribution in [-0.4, -0.2) is 34.9 Å². The van der Waals surface area contributed by atoms with E-state index in [1.807, 2.05) is 0 Å². The molecule has 4 rings (SSSR count). The molecule has 1 fully saturated rings. The number of fused-ring (bicyclic) bond motifs is 1. The number of anilines is 1. The van der Waals surface area contributed by atoms with Crippen LogP contribution in [0.4, 0.5) is 18.9 Å². The number of carbonyl (C=O) groups is 2. The fourth-order valence-electron chi connectivity index (χ4n) is 3.09. The maximum absolute atomic E-state index is 13.7. The Bertz CT molecular complexity index is 1170. The largest absolute Gasteiger partial charge is 0.417 e. The van der Waals surface area contributed by atoms with Crippen LogP contribution in [0.5, 0.6) is 0 Å². The summed E-state index contributed by atoms with van der Waals surface area (Å²) in [5, 5.41) is 7.38. The minimum Gasteiger partial charge on any atom is -0.387 e. The van der Waals surface area contributed by atoms with Crippen molar-refractivity contribution in [2.45, 2.75) is 25.1 Å². The van der Waals surface area contributed by atoms with Crippen LogP contribution in [0, 0.1) is 0 Å². The average molecular weight is 435 g/mol. The molecule has 0 bridgehead atoms. The first-order valence-electron chi connectivity index (χ1n) is 8.97. The lowest BCUT2D eigenvalue weighted by atomic mass is 10.0. The van der Waals surface area contributed by atoms with Gasteiger partial charge in [-0.1, -0.05) is 0 Å². The van der Waals surface area contributed by atoms with Crippen LogP contribution in [0.25, 0.3) is 21.5 Å². The summed E-state index contributed by atoms with van der Waals surface area (Å²) in [7, 11) is 1.58. The molecule has 30 heavy (non-hydrogen) atoms. The Kier molecular flexibility index (Phi) is 4.85. The van der Waals surface area contributed by atoms with Crippen molar-refractivity contribution in [1.82, 2.24) is 15.3 Å². The molecule has 2 aromatic heterocycles. The number of nitrogens with one attached hydrogen (secondary N) is 2. The smallest absolute Gasteiger partial charge is 0.387 e. The molecular weight excluding hydrogens is 419 g/mol. The Balaban J connectivity index is 1.93. The van der Waals surface area contributed by atoms with Gasteiger partial charge in [-0.2, -0.15) is 13.2 Å². The van der Waals surface area contributed by atoms with Crippen molar-refractivity contribution in [3.63, 3.8) is 0 Å². The summed E-state index contributed by atoms with van der Waals surface area (Å²) >= 11 is 0.878. The van der Waals surface area contributed by atoms with Gasteiger partial charge in [0.2, 0.25) is 0 Å². The number of aromatic nitrogens is 2. The molecule has 7 nitrogen and oxygen atoms in total. The molecule has 11 heteroatoms. The minimum absolute atomic E-state index is 0.00656. The van der Waals surface area contributed by atoms with Crippen molar-refractivity contribution < 1.29 is 22.8 Å². The van der Waals surface area contributed by atoms with Gasteiger partial charge in [-0.25, -0.2) is 4.98 Å². The lowest BCUT2D eigenvalue weighted by Gasteiger charge is -2.16. The molecule has 0 spiro atoms. The van der Waals surface area contributed by atoms with Gasteiger partial charge in [0.25, 0.3) is 11.8 Å². The number of amides is 2. The van der Waals surface area contributed by atoms with Crippen LogP contribution in [-0.2, 0) is 6.18 Å². The normalized spacial score (nSPS) is 14.0. The molecule has 1 aliphatic carbocycles. The highest BCUT2D eigenvalue weighted by Crippen LogP contribution is 2.41. The van der Waals surface area contributed by atoms with Crippen LogP contribution in [0.15, 0.2) is 23.7 Å². The van der Waals surface area contributed by atoms with E-state index in [0.29, 0.717) is 11.1 Å². The summed E-state index contributed by atoms with van der Waals surface area (Å²) in [5.41, 5.74) is 4.58. The standard InChI is InChI=1S/C19H16F3N5O2S/c1-24-15-10-4-9(18-27-14(7-30-18)16(23)28)12(19(20,21)22)5-13(10)25-6-11(15)17(29)26-8-2-3-8/h4-8H,2-3H2,1H3,(H2,23,28)(H,24,25)(H,26,29). The predicted octanol–water partition coefficient (Wildman–Crippen LogP) is 3.41. The number of nitrogens with two attached hydrogens (primary N) is 1. The second-order valence-corrected chi connectivity index (χ2v) is 7.72. The minimum atomic E-state index is -4.68. The van der Waals surface area contributed by atoms with E-state index in [9.17, 15) is 22.8 Å². The van der Waals surface area contributed by atoms with Crippen LogP contribution in [0.3, 0.4) is 0 Å². The van der Waals surface area contributed by atoms with Crippen molar-refractivity contribution in [2.75, 3.05) is 12.4 Å². The lowest BCUT2D eigenvalue weighted by molar-refractivity contribution is -0.137. The summed E-state index contributed by atoms with van der Waals surface area (Å²) in [6.45, 7) is 0. The van der Waals surface area contributed by atoms with Gasteiger partial charge < -0.3 is 16.4 Å². The first-order valence-corrected chi connectivity index (χ1v) is 9.85. The van der Waals surface area contributed by atoms with Gasteiger partial charge in [0.15, 0.2) is 0 Å². The highest BCUT2D eigenvalue weighted by atomic mass is 32.1. The molecule has 3 aromatic rings. The molecule has 4 N–H and O–H groups in total. The van der Waals surface area contributed by atoms with E-state index in [0.717, 1.165) is 30.2 Å². The van der Waals surface area contributed by atoms with Gasteiger partial charge in [-0.15, -0.1) is 11.3 Å². The zero-order chi connectivity index (χ0) is 21.6. The number of rotatable bonds is 5. The second kappa shape index (κ2) is 7.24. The van der Waals surface area contributed by atoms with Gasteiger partial charge in [0.1, 0.15) is 10.7 Å². The number of benzene rings is 1. The SMILES string of the molecule is CNc1c(C(=O)NC2CC2)cnc2cc(C(F)(F)F)c(-c3nc(C(N)=O)cs3)cc12. The van der Waals surface area contributed by atoms with Crippen molar-refractivity contribution in [3.8, 4) is 10.6 Å². The number of pyridine rings is 1. The quantitative estimate of drug-likeness (QED) is 0.569. The molecule has 2 heterocycles. The van der Waals surface area contributed by atoms with Crippen molar-refractivity contribution >= 4 is 39.7 Å². The number of halogens is 3. The molecule has 2 amide bonds. The lowest BCUT2D eigenvalue weighted by Crippen LogP contribution is -2.26. The predicted molar refractivity (Wildman–Crippen MR) is 106 cm³/mol. The fourth-order valence-corrected chi connectivity index (χ4v) is 3.93. The van der Waals surface area contributed by atoms with E-state index < -0.39 is 17.6 Å². The highest BCUT2D eigenvalue weighted by Gasteiger charge is 2.36. The third-order valence-electron chi connectivity index (χ3n) is 4.71. The highest BCUT2D eigenvalue weighted by molar-refractivity contribution is 7.13. The molecular formula is C19H16F3N5O2S. The van der Waals surface area contributed by atoms with Gasteiger partial charge >= 0.3 is 6.18 Å². The Morgan fingerprint density at radius 2 is 2.00 bits per heavy atom. The Morgan fingerprint density at radius 3 is 2.57 bits per heavy atom. The summed E-state index contributed by atoms with van der Waals surface area (Å²) in [4.78, 5) is 31.9. The number of hydrogen-bond donors (Lipinski definition) is 3. The second-order valence-electron chi connectivity index (χ2n) is 6.86. The number of thiazole rings is 1. The first-order chi connectivity index (χ1) is 14.2. The molecule has 156 valence electrons. The van der Waals surface area contributed by atoms with Gasteiger partial charge in [0, 0.05) is 35.6 Å². The van der Waals surface area contributed by atoms with Gasteiger partial charge in [-0.05, 0) is 25.0 Å². The zero-order valence-electron chi connectivity index (χ0n) is 15.6. The molecule has 0 radical (unpaired) electrons. The molecule has 0 saturated heterocycles. The molecule has 1 aromatic carbocycles. The maximum atomic E-state index is 13.7. The number of hydrogen-bond acceptors (Lipinski definition) is 6.